The molecule has 0 radical (unpaired) electrons. The average molecular weight is 462 g/mol. The molecule has 4 rings (SSSR count). The van der Waals surface area contributed by atoms with Gasteiger partial charge in [-0.15, -0.1) is 0 Å². The Kier molecular flexibility index (Phi) is 6.93. The Hall–Kier alpha value is -2.68. The van der Waals surface area contributed by atoms with Gasteiger partial charge in [0.25, 0.3) is 0 Å². The summed E-state index contributed by atoms with van der Waals surface area (Å²) in [6.45, 7) is 4.22. The van der Waals surface area contributed by atoms with E-state index in [-0.39, 0.29) is 18.1 Å². The van der Waals surface area contributed by atoms with Gasteiger partial charge in [0, 0.05) is 42.5 Å². The van der Waals surface area contributed by atoms with E-state index in [1.165, 1.54) is 24.1 Å². The first-order valence-electron chi connectivity index (χ1n) is 10.5. The first-order chi connectivity index (χ1) is 15.5. The van der Waals surface area contributed by atoms with E-state index in [9.17, 15) is 14.0 Å². The van der Waals surface area contributed by atoms with Gasteiger partial charge in [-0.3, -0.25) is 9.80 Å². The first kappa shape index (κ1) is 22.5. The van der Waals surface area contributed by atoms with Crippen molar-refractivity contribution in [1.29, 1.82) is 0 Å². The molecular formula is C23H25ClFN3O4. The summed E-state index contributed by atoms with van der Waals surface area (Å²) in [5.41, 5.74) is 1.03. The SMILES string of the molecule is COC(=O)c1ccc(CN(C(=O)N2CCN(C3COC3)CC2)c2ccc(Cl)cc2)c(F)c1. The molecule has 2 aliphatic heterocycles. The van der Waals surface area contributed by atoms with Gasteiger partial charge in [0.1, 0.15) is 5.82 Å². The van der Waals surface area contributed by atoms with Gasteiger partial charge in [-0.25, -0.2) is 14.0 Å². The van der Waals surface area contributed by atoms with Crippen LogP contribution in [-0.2, 0) is 16.0 Å². The number of ether oxygens (including phenoxy) is 2. The number of esters is 1. The molecule has 0 atom stereocenters. The second-order valence-electron chi connectivity index (χ2n) is 7.86. The van der Waals surface area contributed by atoms with Crippen LogP contribution in [0.5, 0.6) is 0 Å². The maximum Gasteiger partial charge on any atom is 0.337 e. The summed E-state index contributed by atoms with van der Waals surface area (Å²) in [4.78, 5) is 30.8. The summed E-state index contributed by atoms with van der Waals surface area (Å²) in [5.74, 6) is -1.19. The highest BCUT2D eigenvalue weighted by Crippen LogP contribution is 2.24. The Morgan fingerprint density at radius 2 is 1.81 bits per heavy atom. The topological polar surface area (TPSA) is 62.3 Å². The Bertz CT molecular complexity index is 976. The van der Waals surface area contributed by atoms with E-state index in [1.807, 2.05) is 0 Å². The van der Waals surface area contributed by atoms with Crippen LogP contribution in [0.25, 0.3) is 0 Å². The fraction of sp³-hybridized carbons (Fsp3) is 0.391. The lowest BCUT2D eigenvalue weighted by Crippen LogP contribution is -2.59. The Morgan fingerprint density at radius 3 is 2.38 bits per heavy atom. The number of methoxy groups -OCH3 is 1. The second-order valence-corrected chi connectivity index (χ2v) is 8.29. The molecule has 170 valence electrons. The molecule has 32 heavy (non-hydrogen) atoms. The average Bonchev–Trinajstić information content (AvgIpc) is 2.77. The van der Waals surface area contributed by atoms with Crippen molar-refractivity contribution in [3.63, 3.8) is 0 Å². The molecule has 0 saturated carbocycles. The lowest BCUT2D eigenvalue weighted by Gasteiger charge is -2.43. The van der Waals surface area contributed by atoms with Crippen LogP contribution in [0.2, 0.25) is 5.02 Å². The number of hydrogen-bond donors (Lipinski definition) is 0. The van der Waals surface area contributed by atoms with Gasteiger partial charge in [0.05, 0.1) is 38.5 Å². The standard InChI is InChI=1S/C23H25ClFN3O4/c1-31-22(29)16-2-3-17(21(25)12-16)13-28(19-6-4-18(24)5-7-19)23(30)27-10-8-26(9-11-27)20-14-32-15-20/h2-7,12,20H,8-11,13-15H2,1H3. The van der Waals surface area contributed by atoms with Gasteiger partial charge in [-0.2, -0.15) is 0 Å². The molecule has 2 fully saturated rings. The number of carbonyl (C=O) groups excluding carboxylic acids is 2. The molecule has 0 aliphatic carbocycles. The molecule has 7 nitrogen and oxygen atoms in total. The zero-order valence-corrected chi connectivity index (χ0v) is 18.6. The summed E-state index contributed by atoms with van der Waals surface area (Å²) in [6.07, 6.45) is 0. The van der Waals surface area contributed by atoms with E-state index in [2.05, 4.69) is 9.64 Å². The Morgan fingerprint density at radius 1 is 1.12 bits per heavy atom. The third-order valence-corrected chi connectivity index (χ3v) is 6.15. The van der Waals surface area contributed by atoms with Crippen LogP contribution in [0, 0.1) is 5.82 Å². The number of urea groups is 1. The van der Waals surface area contributed by atoms with E-state index in [1.54, 1.807) is 29.2 Å². The quantitative estimate of drug-likeness (QED) is 0.638. The van der Waals surface area contributed by atoms with Crippen molar-refractivity contribution in [2.45, 2.75) is 12.6 Å². The van der Waals surface area contributed by atoms with E-state index in [0.717, 1.165) is 32.4 Å². The number of rotatable bonds is 5. The molecule has 2 saturated heterocycles. The van der Waals surface area contributed by atoms with Gasteiger partial charge < -0.3 is 14.4 Å². The van der Waals surface area contributed by atoms with Crippen LogP contribution in [-0.4, -0.2) is 74.3 Å². The summed E-state index contributed by atoms with van der Waals surface area (Å²) in [6, 6.07) is 11.2. The number of benzene rings is 2. The summed E-state index contributed by atoms with van der Waals surface area (Å²) in [5, 5.41) is 0.547. The normalized spacial score (nSPS) is 17.0. The van der Waals surface area contributed by atoms with Crippen LogP contribution in [0.15, 0.2) is 42.5 Å². The number of nitrogens with zero attached hydrogens (tertiary/aromatic N) is 3. The van der Waals surface area contributed by atoms with Crippen molar-refractivity contribution in [3.05, 3.63) is 64.4 Å². The lowest BCUT2D eigenvalue weighted by molar-refractivity contribution is -0.0738. The molecule has 2 heterocycles. The van der Waals surface area contributed by atoms with Gasteiger partial charge in [-0.05, 0) is 36.4 Å². The molecule has 2 aromatic carbocycles. The molecule has 0 N–H and O–H groups in total. The second kappa shape index (κ2) is 9.85. The summed E-state index contributed by atoms with van der Waals surface area (Å²) in [7, 11) is 1.24. The summed E-state index contributed by atoms with van der Waals surface area (Å²) >= 11 is 6.02. The fourth-order valence-corrected chi connectivity index (χ4v) is 3.99. The van der Waals surface area contributed by atoms with Crippen LogP contribution in [0.4, 0.5) is 14.9 Å². The molecule has 0 spiro atoms. The lowest BCUT2D eigenvalue weighted by atomic mass is 10.1. The number of amides is 2. The molecule has 0 unspecified atom stereocenters. The number of hydrogen-bond acceptors (Lipinski definition) is 5. The number of piperazine rings is 1. The van der Waals surface area contributed by atoms with Gasteiger partial charge in [-0.1, -0.05) is 17.7 Å². The van der Waals surface area contributed by atoms with Gasteiger partial charge in [0.2, 0.25) is 0 Å². The highest BCUT2D eigenvalue weighted by molar-refractivity contribution is 6.30. The zero-order chi connectivity index (χ0) is 22.7. The zero-order valence-electron chi connectivity index (χ0n) is 17.8. The number of halogens is 2. The number of anilines is 1. The minimum Gasteiger partial charge on any atom is -0.465 e. The fourth-order valence-electron chi connectivity index (χ4n) is 3.86. The molecule has 2 aromatic rings. The van der Waals surface area contributed by atoms with Gasteiger partial charge >= 0.3 is 12.0 Å². The van der Waals surface area contributed by atoms with Crippen LogP contribution in [0.1, 0.15) is 15.9 Å². The number of carbonyl (C=O) groups is 2. The summed E-state index contributed by atoms with van der Waals surface area (Å²) < 4.78 is 24.7. The Labute approximate surface area is 191 Å². The van der Waals surface area contributed by atoms with Crippen molar-refractivity contribution in [1.82, 2.24) is 9.80 Å². The smallest absolute Gasteiger partial charge is 0.337 e. The minimum absolute atomic E-state index is 0.0183. The van der Waals surface area contributed by atoms with Crippen LogP contribution in [0.3, 0.4) is 0 Å². The molecule has 0 bridgehead atoms. The van der Waals surface area contributed by atoms with Crippen LogP contribution >= 0.6 is 11.6 Å². The van der Waals surface area contributed by atoms with Crippen molar-refractivity contribution in [2.75, 3.05) is 51.4 Å². The van der Waals surface area contributed by atoms with E-state index >= 15 is 0 Å². The molecule has 0 aromatic heterocycles. The molecule has 2 amide bonds. The van der Waals surface area contributed by atoms with Gasteiger partial charge in [0.15, 0.2) is 0 Å². The van der Waals surface area contributed by atoms with Crippen molar-refractivity contribution in [2.24, 2.45) is 0 Å². The largest absolute Gasteiger partial charge is 0.465 e. The predicted molar refractivity (Wildman–Crippen MR) is 119 cm³/mol. The maximum absolute atomic E-state index is 14.8. The molecule has 2 aliphatic rings. The molecule has 9 heteroatoms. The predicted octanol–water partition coefficient (Wildman–Crippen LogP) is 3.41. The third kappa shape index (κ3) is 4.87. The van der Waals surface area contributed by atoms with Crippen LogP contribution < -0.4 is 4.90 Å². The third-order valence-electron chi connectivity index (χ3n) is 5.89. The molecular weight excluding hydrogens is 437 g/mol. The minimum atomic E-state index is -0.615. The van der Waals surface area contributed by atoms with E-state index < -0.39 is 11.8 Å². The maximum atomic E-state index is 14.8. The highest BCUT2D eigenvalue weighted by Gasteiger charge is 2.32. The van der Waals surface area contributed by atoms with Crippen molar-refractivity contribution >= 4 is 29.3 Å². The van der Waals surface area contributed by atoms with Crippen molar-refractivity contribution in [3.8, 4) is 0 Å². The van der Waals surface area contributed by atoms with E-state index in [4.69, 9.17) is 16.3 Å². The van der Waals surface area contributed by atoms with E-state index in [0.29, 0.717) is 35.4 Å². The van der Waals surface area contributed by atoms with Crippen molar-refractivity contribution < 1.29 is 23.5 Å². The highest BCUT2D eigenvalue weighted by atomic mass is 35.5. The monoisotopic (exact) mass is 461 g/mol. The first-order valence-corrected chi connectivity index (χ1v) is 10.8. The Balaban J connectivity index is 1.53.